The minimum atomic E-state index is -3.81. The zero-order chi connectivity index (χ0) is 17.2. The highest BCUT2D eigenvalue weighted by atomic mass is 35.5. The van der Waals surface area contributed by atoms with Crippen LogP contribution >= 0.6 is 11.6 Å². The maximum Gasteiger partial charge on any atom is 0.337 e. The molecular formula is C14H16ClFN2O4S. The highest BCUT2D eigenvalue weighted by Crippen LogP contribution is 2.31. The summed E-state index contributed by atoms with van der Waals surface area (Å²) in [5, 5.41) is -0.164. The lowest BCUT2D eigenvalue weighted by Crippen LogP contribution is -2.45. The second-order valence-electron chi connectivity index (χ2n) is 4.74. The van der Waals surface area contributed by atoms with Crippen molar-refractivity contribution >= 4 is 27.8 Å². The molecule has 1 aromatic carbocycles. The third-order valence-electron chi connectivity index (χ3n) is 3.27. The number of esters is 1. The van der Waals surface area contributed by atoms with E-state index in [1.54, 1.807) is 13.8 Å². The van der Waals surface area contributed by atoms with Gasteiger partial charge >= 0.3 is 16.2 Å². The average Bonchev–Trinajstić information content (AvgIpc) is 2.49. The predicted octanol–water partition coefficient (Wildman–Crippen LogP) is 2.14. The maximum atomic E-state index is 13.3. The smallest absolute Gasteiger partial charge is 0.337 e. The molecule has 1 aromatic rings. The Kier molecular flexibility index (Phi) is 5.28. The zero-order valence-electron chi connectivity index (χ0n) is 12.5. The molecule has 2 rings (SSSR count). The van der Waals surface area contributed by atoms with Gasteiger partial charge in [0.2, 0.25) is 0 Å². The lowest BCUT2D eigenvalue weighted by atomic mass is 10.00. The molecule has 1 N–H and O–H groups in total. The predicted molar refractivity (Wildman–Crippen MR) is 83.3 cm³/mol. The maximum absolute atomic E-state index is 13.3. The summed E-state index contributed by atoms with van der Waals surface area (Å²) in [7, 11) is -3.81. The van der Waals surface area contributed by atoms with Gasteiger partial charge in [-0.05, 0) is 31.5 Å². The van der Waals surface area contributed by atoms with Gasteiger partial charge in [-0.2, -0.15) is 13.1 Å². The van der Waals surface area contributed by atoms with E-state index in [4.69, 9.17) is 16.3 Å². The summed E-state index contributed by atoms with van der Waals surface area (Å²) in [4.78, 5) is 12.1. The van der Waals surface area contributed by atoms with Crippen LogP contribution in [0.2, 0.25) is 5.02 Å². The lowest BCUT2D eigenvalue weighted by molar-refractivity contribution is -0.139. The second kappa shape index (κ2) is 6.86. The van der Waals surface area contributed by atoms with Crippen LogP contribution in [0.5, 0.6) is 0 Å². The molecule has 1 atom stereocenters. The van der Waals surface area contributed by atoms with Crippen molar-refractivity contribution in [1.29, 1.82) is 0 Å². The van der Waals surface area contributed by atoms with E-state index in [-0.39, 0.29) is 23.7 Å². The Morgan fingerprint density at radius 3 is 2.70 bits per heavy atom. The first-order chi connectivity index (χ1) is 10.8. The standard InChI is InChI=1S/C14H16ClFN2O4S/c1-3-18-8-10(14(19)22-4-2)13(17-23(18,20)21)9-5-6-12(16)11(15)7-9/h5-8,13,17H,3-4H2,1-2H3. The van der Waals surface area contributed by atoms with E-state index >= 15 is 0 Å². The van der Waals surface area contributed by atoms with Crippen molar-refractivity contribution in [3.63, 3.8) is 0 Å². The molecule has 0 saturated carbocycles. The largest absolute Gasteiger partial charge is 0.463 e. The van der Waals surface area contributed by atoms with Gasteiger partial charge in [0.05, 0.1) is 23.2 Å². The summed E-state index contributed by atoms with van der Waals surface area (Å²) in [6.07, 6.45) is 1.23. The van der Waals surface area contributed by atoms with Gasteiger partial charge in [-0.1, -0.05) is 17.7 Å². The number of nitrogens with one attached hydrogen (secondary N) is 1. The summed E-state index contributed by atoms with van der Waals surface area (Å²) in [5.41, 5.74) is 0.446. The van der Waals surface area contributed by atoms with Crippen molar-refractivity contribution in [3.05, 3.63) is 46.4 Å². The van der Waals surface area contributed by atoms with Crippen molar-refractivity contribution in [2.24, 2.45) is 0 Å². The lowest BCUT2D eigenvalue weighted by Gasteiger charge is -2.31. The van der Waals surface area contributed by atoms with Crippen LogP contribution in [0, 0.1) is 5.82 Å². The Bertz CT molecular complexity index is 751. The molecule has 0 amide bonds. The number of hydrogen-bond acceptors (Lipinski definition) is 4. The fraction of sp³-hybridized carbons (Fsp3) is 0.357. The molecule has 0 aromatic heterocycles. The normalized spacial score (nSPS) is 20.1. The number of ether oxygens (including phenoxy) is 1. The molecule has 23 heavy (non-hydrogen) atoms. The first-order valence-corrected chi connectivity index (χ1v) is 8.74. The summed E-state index contributed by atoms with van der Waals surface area (Å²) in [5.74, 6) is -1.29. The van der Waals surface area contributed by atoms with Crippen molar-refractivity contribution in [1.82, 2.24) is 9.03 Å². The molecule has 0 radical (unpaired) electrons. The minimum absolute atomic E-state index is 0.103. The van der Waals surface area contributed by atoms with E-state index in [1.807, 2.05) is 0 Å². The van der Waals surface area contributed by atoms with Crippen molar-refractivity contribution in [3.8, 4) is 0 Å². The molecule has 0 aliphatic carbocycles. The van der Waals surface area contributed by atoms with E-state index in [1.165, 1.54) is 18.3 Å². The van der Waals surface area contributed by atoms with E-state index in [0.717, 1.165) is 10.4 Å². The third kappa shape index (κ3) is 3.65. The molecule has 0 fully saturated rings. The second-order valence-corrected chi connectivity index (χ2v) is 6.80. The van der Waals surface area contributed by atoms with Crippen LogP contribution in [0.15, 0.2) is 30.0 Å². The van der Waals surface area contributed by atoms with Crippen molar-refractivity contribution in [2.75, 3.05) is 13.2 Å². The summed E-state index contributed by atoms with van der Waals surface area (Å²) in [6.45, 7) is 3.57. The minimum Gasteiger partial charge on any atom is -0.463 e. The Labute approximate surface area is 139 Å². The number of halogens is 2. The van der Waals surface area contributed by atoms with Crippen LogP contribution in [0.3, 0.4) is 0 Å². The summed E-state index contributed by atoms with van der Waals surface area (Å²) in [6, 6.07) is 2.75. The van der Waals surface area contributed by atoms with Gasteiger partial charge in [0.15, 0.2) is 0 Å². The highest BCUT2D eigenvalue weighted by Gasteiger charge is 2.36. The molecule has 1 heterocycles. The van der Waals surface area contributed by atoms with E-state index in [2.05, 4.69) is 4.72 Å². The van der Waals surface area contributed by atoms with Gasteiger partial charge < -0.3 is 4.74 Å². The number of carbonyl (C=O) groups is 1. The molecule has 1 unspecified atom stereocenters. The number of nitrogens with zero attached hydrogens (tertiary/aromatic N) is 1. The van der Waals surface area contributed by atoms with Crippen LogP contribution in [0.1, 0.15) is 25.5 Å². The fourth-order valence-corrected chi connectivity index (χ4v) is 3.64. The fourth-order valence-electron chi connectivity index (χ4n) is 2.16. The molecule has 0 bridgehead atoms. The molecule has 9 heteroatoms. The molecule has 126 valence electrons. The SMILES string of the molecule is CCOC(=O)C1=CN(CC)S(=O)(=O)NC1c1ccc(F)c(Cl)c1. The van der Waals surface area contributed by atoms with E-state index < -0.39 is 28.0 Å². The van der Waals surface area contributed by atoms with Crippen LogP contribution in [0.25, 0.3) is 0 Å². The number of benzene rings is 1. The highest BCUT2D eigenvalue weighted by molar-refractivity contribution is 7.87. The third-order valence-corrected chi connectivity index (χ3v) is 5.07. The Balaban J connectivity index is 2.53. The van der Waals surface area contributed by atoms with Crippen molar-refractivity contribution in [2.45, 2.75) is 19.9 Å². The van der Waals surface area contributed by atoms with Gasteiger partial charge in [0.25, 0.3) is 0 Å². The van der Waals surface area contributed by atoms with Crippen molar-refractivity contribution < 1.29 is 22.3 Å². The van der Waals surface area contributed by atoms with Gasteiger partial charge in [0.1, 0.15) is 5.82 Å². The molecule has 1 aliphatic heterocycles. The number of hydrogen-bond donors (Lipinski definition) is 1. The molecule has 1 aliphatic rings. The van der Waals surface area contributed by atoms with Crippen LogP contribution < -0.4 is 4.72 Å². The van der Waals surface area contributed by atoms with Gasteiger partial charge in [-0.15, -0.1) is 0 Å². The Morgan fingerprint density at radius 2 is 2.13 bits per heavy atom. The van der Waals surface area contributed by atoms with Crippen LogP contribution in [0.4, 0.5) is 4.39 Å². The molecule has 6 nitrogen and oxygen atoms in total. The number of carbonyl (C=O) groups excluding carboxylic acids is 1. The quantitative estimate of drug-likeness (QED) is 0.832. The van der Waals surface area contributed by atoms with Crippen LogP contribution in [-0.4, -0.2) is 31.8 Å². The van der Waals surface area contributed by atoms with E-state index in [0.29, 0.717) is 5.56 Å². The van der Waals surface area contributed by atoms with E-state index in [9.17, 15) is 17.6 Å². The Morgan fingerprint density at radius 1 is 1.43 bits per heavy atom. The first-order valence-electron chi connectivity index (χ1n) is 6.93. The van der Waals surface area contributed by atoms with Crippen LogP contribution in [-0.2, 0) is 19.7 Å². The summed E-state index contributed by atoms with van der Waals surface area (Å²) < 4.78 is 46.1. The first kappa shape index (κ1) is 17.7. The molecule has 0 saturated heterocycles. The van der Waals surface area contributed by atoms with Gasteiger partial charge in [-0.25, -0.2) is 9.18 Å². The monoisotopic (exact) mass is 362 g/mol. The summed E-state index contributed by atoms with van der Waals surface area (Å²) >= 11 is 5.75. The zero-order valence-corrected chi connectivity index (χ0v) is 14.1. The van der Waals surface area contributed by atoms with Gasteiger partial charge in [-0.3, -0.25) is 4.31 Å². The van der Waals surface area contributed by atoms with Gasteiger partial charge in [0, 0.05) is 12.7 Å². The molecule has 0 spiro atoms. The number of rotatable bonds is 4. The molecular weight excluding hydrogens is 347 g/mol. The Hall–Kier alpha value is -1.64. The topological polar surface area (TPSA) is 75.7 Å². The average molecular weight is 363 g/mol.